The molecule has 1 aromatic heterocycles. The highest BCUT2D eigenvalue weighted by atomic mass is 32.1. The van der Waals surface area contributed by atoms with E-state index >= 15 is 0 Å². The molecule has 2 aromatic rings. The number of nitrogens with one attached hydrogen (secondary N) is 1. The number of aryl methyl sites for hydroxylation is 1. The molecule has 0 saturated heterocycles. The number of anilines is 2. The maximum atomic E-state index is 6.12. The van der Waals surface area contributed by atoms with Crippen molar-refractivity contribution in [2.45, 2.75) is 26.8 Å². The summed E-state index contributed by atoms with van der Waals surface area (Å²) < 4.78 is 5.51. The Kier molecular flexibility index (Phi) is 4.32. The van der Waals surface area contributed by atoms with Crippen molar-refractivity contribution < 1.29 is 4.74 Å². The lowest BCUT2D eigenvalue weighted by atomic mass is 10.2. The summed E-state index contributed by atoms with van der Waals surface area (Å²) in [7, 11) is 0. The van der Waals surface area contributed by atoms with Crippen LogP contribution in [0.5, 0.6) is 5.75 Å². The minimum atomic E-state index is 0.234. The maximum absolute atomic E-state index is 6.12. The van der Waals surface area contributed by atoms with E-state index in [1.807, 2.05) is 25.1 Å². The van der Waals surface area contributed by atoms with Crippen molar-refractivity contribution in [3.8, 4) is 5.75 Å². The zero-order valence-electron chi connectivity index (χ0n) is 11.6. The van der Waals surface area contributed by atoms with Gasteiger partial charge in [-0.15, -0.1) is 11.3 Å². The highest BCUT2D eigenvalue weighted by molar-refractivity contribution is 7.12. The van der Waals surface area contributed by atoms with Crippen LogP contribution >= 0.6 is 11.3 Å². The Balaban J connectivity index is 2.16. The monoisotopic (exact) mass is 276 g/mol. The molecule has 0 aliphatic heterocycles. The lowest BCUT2D eigenvalue weighted by molar-refractivity contribution is 0.342. The lowest BCUT2D eigenvalue weighted by Gasteiger charge is -2.17. The van der Waals surface area contributed by atoms with Gasteiger partial charge in [-0.05, 0) is 45.0 Å². The highest BCUT2D eigenvalue weighted by Gasteiger charge is 2.11. The van der Waals surface area contributed by atoms with Crippen molar-refractivity contribution in [1.82, 2.24) is 0 Å². The van der Waals surface area contributed by atoms with Gasteiger partial charge >= 0.3 is 0 Å². The third-order valence-corrected chi connectivity index (χ3v) is 4.11. The molecular weight excluding hydrogens is 256 g/mol. The Morgan fingerprint density at radius 2 is 2.11 bits per heavy atom. The molecule has 1 heterocycles. The zero-order valence-corrected chi connectivity index (χ0v) is 12.4. The van der Waals surface area contributed by atoms with Gasteiger partial charge in [0.05, 0.1) is 24.0 Å². The van der Waals surface area contributed by atoms with E-state index in [1.54, 1.807) is 11.3 Å². The molecule has 102 valence electrons. The average Bonchev–Trinajstić information content (AvgIpc) is 2.81. The molecule has 1 unspecified atom stereocenters. The maximum Gasteiger partial charge on any atom is 0.144 e. The van der Waals surface area contributed by atoms with Gasteiger partial charge in [0.1, 0.15) is 5.75 Å². The molecule has 3 nitrogen and oxygen atoms in total. The number of rotatable bonds is 5. The number of nitrogens with two attached hydrogens (primary N) is 1. The van der Waals surface area contributed by atoms with E-state index in [4.69, 9.17) is 10.5 Å². The molecular formula is C15H20N2OS. The van der Waals surface area contributed by atoms with Gasteiger partial charge in [0.2, 0.25) is 0 Å². The Hall–Kier alpha value is -1.68. The molecule has 19 heavy (non-hydrogen) atoms. The first kappa shape index (κ1) is 13.7. The summed E-state index contributed by atoms with van der Waals surface area (Å²) in [4.78, 5) is 2.62. The van der Waals surface area contributed by atoms with Gasteiger partial charge in [-0.25, -0.2) is 0 Å². The molecule has 0 aliphatic carbocycles. The fourth-order valence-corrected chi connectivity index (χ4v) is 2.82. The van der Waals surface area contributed by atoms with E-state index in [2.05, 4.69) is 31.3 Å². The van der Waals surface area contributed by atoms with Crippen LogP contribution in [0, 0.1) is 6.92 Å². The standard InChI is InChI=1S/C15H20N2OS/c1-4-18-13-7-5-6-12(15(13)16)17-11(3)14-9-8-10(2)19-14/h5-9,11,17H,4,16H2,1-3H3. The number of thiophene rings is 1. The van der Waals surface area contributed by atoms with Gasteiger partial charge < -0.3 is 15.8 Å². The normalized spacial score (nSPS) is 12.2. The number of benzene rings is 1. The van der Waals surface area contributed by atoms with Crippen molar-refractivity contribution in [1.29, 1.82) is 0 Å². The molecule has 0 bridgehead atoms. The van der Waals surface area contributed by atoms with Gasteiger partial charge in [-0.1, -0.05) is 6.07 Å². The summed E-state index contributed by atoms with van der Waals surface area (Å²) in [5.41, 5.74) is 7.71. The predicted molar refractivity (Wildman–Crippen MR) is 83.1 cm³/mol. The van der Waals surface area contributed by atoms with Crippen LogP contribution in [0.4, 0.5) is 11.4 Å². The molecule has 0 fully saturated rings. The minimum absolute atomic E-state index is 0.234. The van der Waals surface area contributed by atoms with E-state index < -0.39 is 0 Å². The SMILES string of the molecule is CCOc1cccc(NC(C)c2ccc(C)s2)c1N. The minimum Gasteiger partial charge on any atom is -0.492 e. The first-order valence-electron chi connectivity index (χ1n) is 6.46. The van der Waals surface area contributed by atoms with Crippen molar-refractivity contribution >= 4 is 22.7 Å². The van der Waals surface area contributed by atoms with Crippen molar-refractivity contribution in [2.24, 2.45) is 0 Å². The van der Waals surface area contributed by atoms with Crippen LogP contribution in [0.2, 0.25) is 0 Å². The number of nitrogen functional groups attached to an aromatic ring is 1. The number of ether oxygens (including phenoxy) is 1. The molecule has 3 N–H and O–H groups in total. The van der Waals surface area contributed by atoms with E-state index in [9.17, 15) is 0 Å². The van der Waals surface area contributed by atoms with Crippen LogP contribution < -0.4 is 15.8 Å². The van der Waals surface area contributed by atoms with Crippen LogP contribution in [0.1, 0.15) is 29.6 Å². The van der Waals surface area contributed by atoms with Crippen molar-refractivity contribution in [3.05, 3.63) is 40.1 Å². The molecule has 0 spiro atoms. The van der Waals surface area contributed by atoms with Crippen LogP contribution in [0.3, 0.4) is 0 Å². The third kappa shape index (κ3) is 3.20. The second-order valence-electron chi connectivity index (χ2n) is 4.46. The van der Waals surface area contributed by atoms with Gasteiger partial charge in [0.25, 0.3) is 0 Å². The molecule has 0 saturated carbocycles. The van der Waals surface area contributed by atoms with E-state index in [0.29, 0.717) is 12.3 Å². The van der Waals surface area contributed by atoms with Crippen molar-refractivity contribution in [3.63, 3.8) is 0 Å². The van der Waals surface area contributed by atoms with Gasteiger partial charge in [-0.2, -0.15) is 0 Å². The Labute approximate surface area is 118 Å². The summed E-state index contributed by atoms with van der Waals surface area (Å²) in [6.45, 7) is 6.83. The first-order chi connectivity index (χ1) is 9.11. The van der Waals surface area contributed by atoms with Crippen molar-refractivity contribution in [2.75, 3.05) is 17.7 Å². The van der Waals surface area contributed by atoms with Crippen LogP contribution in [-0.4, -0.2) is 6.61 Å². The quantitative estimate of drug-likeness (QED) is 0.804. The molecule has 2 rings (SSSR count). The molecule has 1 aromatic carbocycles. The van der Waals surface area contributed by atoms with Gasteiger partial charge in [-0.3, -0.25) is 0 Å². The van der Waals surface area contributed by atoms with Crippen LogP contribution in [0.15, 0.2) is 30.3 Å². The molecule has 0 aliphatic rings. The fourth-order valence-electron chi connectivity index (χ4n) is 1.94. The predicted octanol–water partition coefficient (Wildman–Crippen LogP) is 4.21. The molecule has 0 radical (unpaired) electrons. The van der Waals surface area contributed by atoms with E-state index in [1.165, 1.54) is 9.75 Å². The Bertz CT molecular complexity index is 551. The summed E-state index contributed by atoms with van der Waals surface area (Å²) in [6, 6.07) is 10.4. The van der Waals surface area contributed by atoms with E-state index in [-0.39, 0.29) is 6.04 Å². The van der Waals surface area contributed by atoms with Gasteiger partial charge in [0, 0.05) is 9.75 Å². The third-order valence-electron chi connectivity index (χ3n) is 2.93. The number of para-hydroxylation sites is 1. The second-order valence-corrected chi connectivity index (χ2v) is 5.78. The zero-order chi connectivity index (χ0) is 13.8. The first-order valence-corrected chi connectivity index (χ1v) is 7.27. The topological polar surface area (TPSA) is 47.3 Å². The second kappa shape index (κ2) is 5.97. The number of hydrogen-bond acceptors (Lipinski definition) is 4. The van der Waals surface area contributed by atoms with Crippen LogP contribution in [-0.2, 0) is 0 Å². The highest BCUT2D eigenvalue weighted by Crippen LogP contribution is 2.33. The smallest absolute Gasteiger partial charge is 0.144 e. The average molecular weight is 276 g/mol. The summed E-state index contributed by atoms with van der Waals surface area (Å²) in [6.07, 6.45) is 0. The number of hydrogen-bond donors (Lipinski definition) is 2. The van der Waals surface area contributed by atoms with Crippen LogP contribution in [0.25, 0.3) is 0 Å². The Morgan fingerprint density at radius 1 is 1.32 bits per heavy atom. The lowest BCUT2D eigenvalue weighted by Crippen LogP contribution is -2.08. The molecule has 0 amide bonds. The molecule has 4 heteroatoms. The Morgan fingerprint density at radius 3 is 2.74 bits per heavy atom. The van der Waals surface area contributed by atoms with E-state index in [0.717, 1.165) is 11.4 Å². The molecule has 1 atom stereocenters. The van der Waals surface area contributed by atoms with Gasteiger partial charge in [0.15, 0.2) is 0 Å². The fraction of sp³-hybridized carbons (Fsp3) is 0.333. The largest absolute Gasteiger partial charge is 0.492 e. The summed E-state index contributed by atoms with van der Waals surface area (Å²) >= 11 is 1.80. The summed E-state index contributed by atoms with van der Waals surface area (Å²) in [5, 5.41) is 3.44. The summed E-state index contributed by atoms with van der Waals surface area (Å²) in [5.74, 6) is 0.738.